The van der Waals surface area contributed by atoms with Gasteiger partial charge in [-0.2, -0.15) is 0 Å². The van der Waals surface area contributed by atoms with Crippen LogP contribution in [0, 0.1) is 0 Å². The van der Waals surface area contributed by atoms with Crippen LogP contribution in [0.3, 0.4) is 0 Å². The second-order valence-corrected chi connectivity index (χ2v) is 4.06. The van der Waals surface area contributed by atoms with E-state index < -0.39 is 5.60 Å². The Labute approximate surface area is 85.2 Å². The summed E-state index contributed by atoms with van der Waals surface area (Å²) in [6.07, 6.45) is 2.71. The van der Waals surface area contributed by atoms with Crippen molar-refractivity contribution in [2.75, 3.05) is 11.9 Å². The maximum Gasteiger partial charge on any atom is 0.0763 e. The minimum absolute atomic E-state index is 0.542. The van der Waals surface area contributed by atoms with Gasteiger partial charge in [0.2, 0.25) is 0 Å². The van der Waals surface area contributed by atoms with Gasteiger partial charge in [0.05, 0.1) is 5.60 Å². The molecule has 3 nitrogen and oxygen atoms in total. The quantitative estimate of drug-likeness (QED) is 0.768. The van der Waals surface area contributed by atoms with Crippen LogP contribution in [-0.2, 0) is 6.42 Å². The molecule has 0 radical (unpaired) electrons. The van der Waals surface area contributed by atoms with Crippen LogP contribution in [0.2, 0.25) is 0 Å². The number of aromatic nitrogens is 1. The fraction of sp³-hybridized carbons (Fsp3) is 0.545. The summed E-state index contributed by atoms with van der Waals surface area (Å²) in [6, 6.07) is 3.91. The smallest absolute Gasteiger partial charge is 0.0763 e. The van der Waals surface area contributed by atoms with E-state index in [2.05, 4.69) is 17.2 Å². The first kappa shape index (κ1) is 11.0. The van der Waals surface area contributed by atoms with Crippen LogP contribution in [0.25, 0.3) is 0 Å². The SMILES string of the molecule is CCc1cc(NCC(C)(C)O)ccn1. The molecule has 3 heteroatoms. The molecule has 1 heterocycles. The second kappa shape index (κ2) is 4.42. The Kier molecular flexibility index (Phi) is 3.47. The molecule has 0 aliphatic carbocycles. The van der Waals surface area contributed by atoms with E-state index >= 15 is 0 Å². The third-order valence-electron chi connectivity index (χ3n) is 1.90. The first-order valence-electron chi connectivity index (χ1n) is 4.92. The van der Waals surface area contributed by atoms with Crippen molar-refractivity contribution in [2.45, 2.75) is 32.8 Å². The van der Waals surface area contributed by atoms with Crippen LogP contribution in [0.4, 0.5) is 5.69 Å². The summed E-state index contributed by atoms with van der Waals surface area (Å²) < 4.78 is 0. The van der Waals surface area contributed by atoms with Crippen molar-refractivity contribution in [1.29, 1.82) is 0 Å². The van der Waals surface area contributed by atoms with Gasteiger partial charge in [-0.05, 0) is 32.4 Å². The predicted molar refractivity (Wildman–Crippen MR) is 58.4 cm³/mol. The zero-order valence-electron chi connectivity index (χ0n) is 9.04. The summed E-state index contributed by atoms with van der Waals surface area (Å²) in [7, 11) is 0. The van der Waals surface area contributed by atoms with Crippen molar-refractivity contribution in [1.82, 2.24) is 4.98 Å². The van der Waals surface area contributed by atoms with Crippen molar-refractivity contribution >= 4 is 5.69 Å². The molecule has 1 rings (SSSR count). The highest BCUT2D eigenvalue weighted by Gasteiger charge is 2.11. The van der Waals surface area contributed by atoms with Gasteiger partial charge in [0.25, 0.3) is 0 Å². The lowest BCUT2D eigenvalue weighted by Gasteiger charge is -2.18. The Morgan fingerprint density at radius 1 is 1.50 bits per heavy atom. The second-order valence-electron chi connectivity index (χ2n) is 4.06. The maximum atomic E-state index is 9.53. The number of hydrogen-bond acceptors (Lipinski definition) is 3. The summed E-state index contributed by atoms with van der Waals surface area (Å²) in [5, 5.41) is 12.7. The van der Waals surface area contributed by atoms with E-state index in [1.807, 2.05) is 12.1 Å². The average Bonchev–Trinajstić information content (AvgIpc) is 2.14. The summed E-state index contributed by atoms with van der Waals surface area (Å²) in [5.41, 5.74) is 1.39. The van der Waals surface area contributed by atoms with Gasteiger partial charge in [-0.15, -0.1) is 0 Å². The highest BCUT2D eigenvalue weighted by atomic mass is 16.3. The Bertz CT molecular complexity index is 292. The van der Waals surface area contributed by atoms with Crippen LogP contribution in [0.15, 0.2) is 18.3 Å². The number of anilines is 1. The van der Waals surface area contributed by atoms with Crippen molar-refractivity contribution in [2.24, 2.45) is 0 Å². The molecule has 14 heavy (non-hydrogen) atoms. The highest BCUT2D eigenvalue weighted by Crippen LogP contribution is 2.10. The van der Waals surface area contributed by atoms with Gasteiger partial charge in [0, 0.05) is 24.1 Å². The Balaban J connectivity index is 2.59. The van der Waals surface area contributed by atoms with E-state index in [4.69, 9.17) is 0 Å². The summed E-state index contributed by atoms with van der Waals surface area (Å²) in [5.74, 6) is 0. The van der Waals surface area contributed by atoms with Gasteiger partial charge < -0.3 is 10.4 Å². The summed E-state index contributed by atoms with van der Waals surface area (Å²) in [4.78, 5) is 4.20. The Morgan fingerprint density at radius 2 is 2.21 bits per heavy atom. The monoisotopic (exact) mass is 194 g/mol. The molecule has 2 N–H and O–H groups in total. The third kappa shape index (κ3) is 3.75. The lowest BCUT2D eigenvalue weighted by molar-refractivity contribution is 0.0945. The van der Waals surface area contributed by atoms with Crippen LogP contribution < -0.4 is 5.32 Å². The number of nitrogens with zero attached hydrogens (tertiary/aromatic N) is 1. The molecule has 0 amide bonds. The minimum atomic E-state index is -0.685. The third-order valence-corrected chi connectivity index (χ3v) is 1.90. The molecule has 1 aromatic heterocycles. The van der Waals surface area contributed by atoms with E-state index in [9.17, 15) is 5.11 Å². The first-order chi connectivity index (χ1) is 6.51. The maximum absolute atomic E-state index is 9.53. The highest BCUT2D eigenvalue weighted by molar-refractivity contribution is 5.43. The first-order valence-corrected chi connectivity index (χ1v) is 4.92. The molecular weight excluding hydrogens is 176 g/mol. The van der Waals surface area contributed by atoms with Crippen LogP contribution in [0.5, 0.6) is 0 Å². The normalized spacial score (nSPS) is 11.4. The standard InChI is InChI=1S/C11H18N2O/c1-4-9-7-10(5-6-12-9)13-8-11(2,3)14/h5-7,14H,4,8H2,1-3H3,(H,12,13). The number of rotatable bonds is 4. The van der Waals surface area contributed by atoms with Crippen molar-refractivity contribution in [3.63, 3.8) is 0 Å². The number of hydrogen-bond donors (Lipinski definition) is 2. The number of pyridine rings is 1. The predicted octanol–water partition coefficient (Wildman–Crippen LogP) is 1.83. The van der Waals surface area contributed by atoms with Gasteiger partial charge in [-0.3, -0.25) is 4.98 Å². The van der Waals surface area contributed by atoms with E-state index in [1.165, 1.54) is 0 Å². The van der Waals surface area contributed by atoms with Crippen molar-refractivity contribution < 1.29 is 5.11 Å². The summed E-state index contributed by atoms with van der Waals surface area (Å²) in [6.45, 7) is 6.17. The van der Waals surface area contributed by atoms with Gasteiger partial charge in [0.15, 0.2) is 0 Å². The van der Waals surface area contributed by atoms with Gasteiger partial charge >= 0.3 is 0 Å². The molecule has 1 aromatic rings. The zero-order chi connectivity index (χ0) is 10.6. The van der Waals surface area contributed by atoms with E-state index in [1.54, 1.807) is 20.0 Å². The fourth-order valence-corrected chi connectivity index (χ4v) is 1.10. The molecular formula is C11H18N2O. The zero-order valence-corrected chi connectivity index (χ0v) is 9.04. The molecule has 0 bridgehead atoms. The lowest BCUT2D eigenvalue weighted by Crippen LogP contribution is -2.29. The van der Waals surface area contributed by atoms with E-state index in [0.717, 1.165) is 17.8 Å². The molecule has 0 aliphatic heterocycles. The Morgan fingerprint density at radius 3 is 2.79 bits per heavy atom. The topological polar surface area (TPSA) is 45.1 Å². The van der Waals surface area contributed by atoms with Gasteiger partial charge in [-0.25, -0.2) is 0 Å². The molecule has 0 aromatic carbocycles. The van der Waals surface area contributed by atoms with Gasteiger partial charge in [0.1, 0.15) is 0 Å². The molecule has 0 unspecified atom stereocenters. The molecule has 0 saturated heterocycles. The van der Waals surface area contributed by atoms with E-state index in [0.29, 0.717) is 6.54 Å². The largest absolute Gasteiger partial charge is 0.389 e. The van der Waals surface area contributed by atoms with Crippen LogP contribution in [0.1, 0.15) is 26.5 Å². The van der Waals surface area contributed by atoms with Crippen LogP contribution >= 0.6 is 0 Å². The van der Waals surface area contributed by atoms with E-state index in [-0.39, 0.29) is 0 Å². The molecule has 0 aliphatic rings. The van der Waals surface area contributed by atoms with Crippen molar-refractivity contribution in [3.05, 3.63) is 24.0 Å². The molecule has 0 fully saturated rings. The van der Waals surface area contributed by atoms with Crippen LogP contribution in [-0.4, -0.2) is 22.2 Å². The number of aliphatic hydroxyl groups is 1. The van der Waals surface area contributed by atoms with Crippen molar-refractivity contribution in [3.8, 4) is 0 Å². The minimum Gasteiger partial charge on any atom is -0.389 e. The molecule has 0 atom stereocenters. The number of nitrogens with one attached hydrogen (secondary N) is 1. The molecule has 0 spiro atoms. The Hall–Kier alpha value is -1.09. The lowest BCUT2D eigenvalue weighted by atomic mass is 10.1. The average molecular weight is 194 g/mol. The summed E-state index contributed by atoms with van der Waals surface area (Å²) >= 11 is 0. The number of aryl methyl sites for hydroxylation is 1. The molecule has 0 saturated carbocycles. The molecule has 78 valence electrons. The van der Waals surface area contributed by atoms with Gasteiger partial charge in [-0.1, -0.05) is 6.92 Å². The fourth-order valence-electron chi connectivity index (χ4n) is 1.10.